The van der Waals surface area contributed by atoms with E-state index in [1.165, 1.54) is 39.1 Å². The van der Waals surface area contributed by atoms with E-state index in [0.717, 1.165) is 19.6 Å². The minimum absolute atomic E-state index is 0.318. The molecule has 0 bridgehead atoms. The van der Waals surface area contributed by atoms with Gasteiger partial charge in [-0.1, -0.05) is 25.5 Å². The Hall–Kier alpha value is -0.380. The molecule has 3 nitrogen and oxygen atoms in total. The van der Waals surface area contributed by atoms with Crippen LogP contribution in [0, 0.1) is 5.41 Å². The van der Waals surface area contributed by atoms with Crippen LogP contribution in [0.4, 0.5) is 0 Å². The summed E-state index contributed by atoms with van der Waals surface area (Å²) >= 11 is 0. The summed E-state index contributed by atoms with van der Waals surface area (Å²) in [5.74, 6) is 0. The average Bonchev–Trinajstić information content (AvgIpc) is 2.46. The first-order chi connectivity index (χ1) is 9.79. The van der Waals surface area contributed by atoms with Gasteiger partial charge < -0.3 is 9.64 Å². The van der Waals surface area contributed by atoms with Gasteiger partial charge in [0.05, 0.1) is 13.2 Å². The third-order valence-electron chi connectivity index (χ3n) is 5.21. The van der Waals surface area contributed by atoms with Crippen molar-refractivity contribution in [3.8, 4) is 0 Å². The van der Waals surface area contributed by atoms with Crippen molar-refractivity contribution in [1.82, 2.24) is 9.80 Å². The lowest BCUT2D eigenvalue weighted by atomic mass is 9.78. The quantitative estimate of drug-likeness (QED) is 0.741. The molecular formula is C18H34N2O. The Balaban J connectivity index is 1.78. The van der Waals surface area contributed by atoms with Gasteiger partial charge in [0.25, 0.3) is 0 Å². The van der Waals surface area contributed by atoms with Gasteiger partial charge in [-0.25, -0.2) is 0 Å². The van der Waals surface area contributed by atoms with Gasteiger partial charge in [-0.2, -0.15) is 0 Å². The van der Waals surface area contributed by atoms with Gasteiger partial charge in [0, 0.05) is 31.7 Å². The Labute approximate surface area is 131 Å². The van der Waals surface area contributed by atoms with Crippen LogP contribution in [0.5, 0.6) is 0 Å². The van der Waals surface area contributed by atoms with E-state index >= 15 is 0 Å². The van der Waals surface area contributed by atoms with Crippen molar-refractivity contribution in [1.29, 1.82) is 0 Å². The lowest BCUT2D eigenvalue weighted by molar-refractivity contribution is 0.0577. The SMILES string of the molecule is CC(C)(CCN1CCN(C(C)(C)C)CC1)C1=CCOCC1. The van der Waals surface area contributed by atoms with Gasteiger partial charge in [0.1, 0.15) is 0 Å². The molecule has 2 rings (SSSR count). The minimum Gasteiger partial charge on any atom is -0.377 e. The molecule has 1 fully saturated rings. The van der Waals surface area contributed by atoms with E-state index in [1.807, 2.05) is 0 Å². The van der Waals surface area contributed by atoms with Crippen LogP contribution in [0.25, 0.3) is 0 Å². The molecule has 0 radical (unpaired) electrons. The van der Waals surface area contributed by atoms with Crippen molar-refractivity contribution < 1.29 is 4.74 Å². The molecule has 2 heterocycles. The first-order valence-corrected chi connectivity index (χ1v) is 8.54. The standard InChI is InChI=1S/C18H34N2O/c1-17(2,3)20-12-10-19(11-13-20)9-8-18(4,5)16-6-14-21-15-7-16/h6H,7-15H2,1-5H3. The summed E-state index contributed by atoms with van der Waals surface area (Å²) in [6.45, 7) is 19.6. The topological polar surface area (TPSA) is 15.7 Å². The zero-order valence-corrected chi connectivity index (χ0v) is 14.7. The van der Waals surface area contributed by atoms with Crippen molar-refractivity contribution in [2.75, 3.05) is 45.9 Å². The average molecular weight is 294 g/mol. The molecule has 122 valence electrons. The second-order valence-corrected chi connectivity index (χ2v) is 8.19. The van der Waals surface area contributed by atoms with Crippen LogP contribution >= 0.6 is 0 Å². The molecule has 0 aliphatic carbocycles. The fourth-order valence-electron chi connectivity index (χ4n) is 3.38. The van der Waals surface area contributed by atoms with E-state index in [1.54, 1.807) is 5.57 Å². The van der Waals surface area contributed by atoms with Gasteiger partial charge in [0.15, 0.2) is 0 Å². The Morgan fingerprint density at radius 2 is 1.71 bits per heavy atom. The molecule has 0 unspecified atom stereocenters. The van der Waals surface area contributed by atoms with Gasteiger partial charge >= 0.3 is 0 Å². The molecule has 0 aromatic carbocycles. The number of nitrogens with zero attached hydrogens (tertiary/aromatic N) is 2. The Morgan fingerprint density at radius 3 is 2.24 bits per heavy atom. The van der Waals surface area contributed by atoms with Crippen LogP contribution in [0.2, 0.25) is 0 Å². The minimum atomic E-state index is 0.318. The summed E-state index contributed by atoms with van der Waals surface area (Å²) in [7, 11) is 0. The monoisotopic (exact) mass is 294 g/mol. The van der Waals surface area contributed by atoms with E-state index in [4.69, 9.17) is 4.74 Å². The smallest absolute Gasteiger partial charge is 0.0650 e. The van der Waals surface area contributed by atoms with E-state index in [9.17, 15) is 0 Å². The first kappa shape index (κ1) is 17.0. The summed E-state index contributed by atoms with van der Waals surface area (Å²) in [6.07, 6.45) is 4.68. The molecule has 3 heteroatoms. The Kier molecular flexibility index (Phi) is 5.50. The molecule has 0 atom stereocenters. The van der Waals surface area contributed by atoms with Crippen LogP contribution in [0.15, 0.2) is 11.6 Å². The summed E-state index contributed by atoms with van der Waals surface area (Å²) in [4.78, 5) is 5.25. The normalized spacial score (nSPS) is 23.2. The van der Waals surface area contributed by atoms with Crippen molar-refractivity contribution in [3.63, 3.8) is 0 Å². The van der Waals surface area contributed by atoms with Gasteiger partial charge in [-0.05, 0) is 45.6 Å². The van der Waals surface area contributed by atoms with Gasteiger partial charge in [-0.15, -0.1) is 0 Å². The zero-order valence-electron chi connectivity index (χ0n) is 14.7. The highest BCUT2D eigenvalue weighted by atomic mass is 16.5. The predicted octanol–water partition coefficient (Wildman–Crippen LogP) is 3.17. The Morgan fingerprint density at radius 1 is 1.05 bits per heavy atom. The van der Waals surface area contributed by atoms with Crippen molar-refractivity contribution in [2.24, 2.45) is 5.41 Å². The van der Waals surface area contributed by atoms with E-state index in [2.05, 4.69) is 50.5 Å². The highest BCUT2D eigenvalue weighted by Gasteiger charge is 2.28. The van der Waals surface area contributed by atoms with Crippen molar-refractivity contribution in [3.05, 3.63) is 11.6 Å². The fraction of sp³-hybridized carbons (Fsp3) is 0.889. The molecule has 0 saturated carbocycles. The van der Waals surface area contributed by atoms with Crippen LogP contribution in [-0.4, -0.2) is 61.3 Å². The number of hydrogen-bond acceptors (Lipinski definition) is 3. The van der Waals surface area contributed by atoms with Crippen molar-refractivity contribution in [2.45, 2.75) is 53.0 Å². The molecular weight excluding hydrogens is 260 g/mol. The summed E-state index contributed by atoms with van der Waals surface area (Å²) in [5.41, 5.74) is 2.24. The van der Waals surface area contributed by atoms with E-state index < -0.39 is 0 Å². The largest absolute Gasteiger partial charge is 0.377 e. The summed E-state index contributed by atoms with van der Waals surface area (Å²) in [5, 5.41) is 0. The highest BCUT2D eigenvalue weighted by Crippen LogP contribution is 2.34. The number of rotatable bonds is 4. The van der Waals surface area contributed by atoms with Gasteiger partial charge in [0.2, 0.25) is 0 Å². The maximum Gasteiger partial charge on any atom is 0.0650 e. The van der Waals surface area contributed by atoms with Crippen molar-refractivity contribution >= 4 is 0 Å². The maximum atomic E-state index is 5.44. The molecule has 21 heavy (non-hydrogen) atoms. The molecule has 0 N–H and O–H groups in total. The zero-order chi connectivity index (χ0) is 15.5. The molecule has 0 aromatic rings. The highest BCUT2D eigenvalue weighted by molar-refractivity contribution is 5.14. The number of ether oxygens (including phenoxy) is 1. The summed E-state index contributed by atoms with van der Waals surface area (Å²) < 4.78 is 5.44. The second-order valence-electron chi connectivity index (χ2n) is 8.19. The second kappa shape index (κ2) is 6.80. The molecule has 0 aromatic heterocycles. The fourth-order valence-corrected chi connectivity index (χ4v) is 3.38. The summed E-state index contributed by atoms with van der Waals surface area (Å²) in [6, 6.07) is 0. The van der Waals surface area contributed by atoms with Crippen LogP contribution in [0.3, 0.4) is 0 Å². The molecule has 2 aliphatic rings. The number of hydrogen-bond donors (Lipinski definition) is 0. The Bertz CT molecular complexity index is 360. The predicted molar refractivity (Wildman–Crippen MR) is 89.7 cm³/mol. The third kappa shape index (κ3) is 4.80. The molecule has 1 saturated heterocycles. The molecule has 0 amide bonds. The third-order valence-corrected chi connectivity index (χ3v) is 5.21. The van der Waals surface area contributed by atoms with Crippen LogP contribution in [-0.2, 0) is 4.74 Å². The van der Waals surface area contributed by atoms with Gasteiger partial charge in [-0.3, -0.25) is 4.90 Å². The lowest BCUT2D eigenvalue weighted by Gasteiger charge is -2.43. The maximum absolute atomic E-state index is 5.44. The van der Waals surface area contributed by atoms with Crippen LogP contribution < -0.4 is 0 Å². The number of piperazine rings is 1. The van der Waals surface area contributed by atoms with E-state index in [0.29, 0.717) is 11.0 Å². The molecule has 0 spiro atoms. The van der Waals surface area contributed by atoms with E-state index in [-0.39, 0.29) is 0 Å². The molecule has 2 aliphatic heterocycles. The lowest BCUT2D eigenvalue weighted by Crippen LogP contribution is -2.53. The first-order valence-electron chi connectivity index (χ1n) is 8.54. The van der Waals surface area contributed by atoms with Crippen LogP contribution in [0.1, 0.15) is 47.5 Å².